The number of nitro groups is 1. The molecule has 44 heavy (non-hydrogen) atoms. The predicted octanol–water partition coefficient (Wildman–Crippen LogP) is 5.07. The summed E-state index contributed by atoms with van der Waals surface area (Å²) in [5, 5.41) is 11.3. The molecule has 2 aromatic carbocycles. The fraction of sp³-hybridized carbons (Fsp3) is 0.281. The summed E-state index contributed by atoms with van der Waals surface area (Å²) in [6, 6.07) is 12.4. The molecule has 1 aliphatic heterocycles. The zero-order chi connectivity index (χ0) is 31.7. The molecular weight excluding hydrogens is 586 g/mol. The van der Waals surface area contributed by atoms with Crippen LogP contribution in [0.5, 0.6) is 11.5 Å². The molecule has 0 saturated heterocycles. The van der Waals surface area contributed by atoms with E-state index in [2.05, 4.69) is 4.99 Å². The number of ether oxygens (including phenoxy) is 3. The summed E-state index contributed by atoms with van der Waals surface area (Å²) in [5.41, 5.74) is 2.25. The first-order chi connectivity index (χ1) is 21.0. The van der Waals surface area contributed by atoms with Crippen LogP contribution in [0.1, 0.15) is 50.6 Å². The van der Waals surface area contributed by atoms with Crippen LogP contribution >= 0.6 is 11.3 Å². The molecule has 0 spiro atoms. The van der Waals surface area contributed by atoms with Crippen molar-refractivity contribution in [2.75, 3.05) is 13.7 Å². The summed E-state index contributed by atoms with van der Waals surface area (Å²) < 4.78 is 24.7. The van der Waals surface area contributed by atoms with Crippen molar-refractivity contribution in [1.82, 2.24) is 4.57 Å². The highest BCUT2D eigenvalue weighted by Gasteiger charge is 2.34. The van der Waals surface area contributed by atoms with E-state index in [1.54, 1.807) is 56.3 Å². The van der Waals surface area contributed by atoms with E-state index < -0.39 is 16.9 Å². The molecule has 5 rings (SSSR count). The second-order valence-corrected chi connectivity index (χ2v) is 11.3. The van der Waals surface area contributed by atoms with Crippen LogP contribution < -0.4 is 24.4 Å². The third-order valence-electron chi connectivity index (χ3n) is 6.98. The molecular formula is C32H31N3O8S. The highest BCUT2D eigenvalue weighted by molar-refractivity contribution is 7.07. The Morgan fingerprint density at radius 1 is 1.16 bits per heavy atom. The molecule has 0 saturated carbocycles. The van der Waals surface area contributed by atoms with Gasteiger partial charge in [0.25, 0.3) is 11.2 Å². The third kappa shape index (κ3) is 5.80. The van der Waals surface area contributed by atoms with E-state index in [1.807, 2.05) is 20.8 Å². The van der Waals surface area contributed by atoms with Crippen molar-refractivity contribution in [2.45, 2.75) is 46.8 Å². The maximum atomic E-state index is 14.0. The maximum absolute atomic E-state index is 14.0. The summed E-state index contributed by atoms with van der Waals surface area (Å²) in [5.74, 6) is 1.23. The van der Waals surface area contributed by atoms with E-state index in [9.17, 15) is 19.7 Å². The highest BCUT2D eigenvalue weighted by atomic mass is 32.1. The van der Waals surface area contributed by atoms with E-state index in [-0.39, 0.29) is 29.5 Å². The van der Waals surface area contributed by atoms with Gasteiger partial charge < -0.3 is 18.6 Å². The van der Waals surface area contributed by atoms with Crippen LogP contribution in [0.3, 0.4) is 0 Å². The van der Waals surface area contributed by atoms with Crippen LogP contribution in [-0.4, -0.2) is 35.3 Å². The molecule has 11 nitrogen and oxygen atoms in total. The van der Waals surface area contributed by atoms with Crippen LogP contribution in [-0.2, 0) is 9.53 Å². The van der Waals surface area contributed by atoms with E-state index >= 15 is 0 Å². The number of hydrogen-bond donors (Lipinski definition) is 0. The molecule has 0 bridgehead atoms. The van der Waals surface area contributed by atoms with Gasteiger partial charge in [-0.2, -0.15) is 0 Å². The van der Waals surface area contributed by atoms with Gasteiger partial charge in [0, 0.05) is 23.8 Å². The van der Waals surface area contributed by atoms with Crippen molar-refractivity contribution in [3.8, 4) is 22.8 Å². The molecule has 1 aliphatic rings. The number of furan rings is 1. The molecule has 0 N–H and O–H groups in total. The van der Waals surface area contributed by atoms with E-state index in [0.717, 1.165) is 16.9 Å². The Labute approximate surface area is 256 Å². The number of aryl methyl sites for hydroxylation is 1. The average Bonchev–Trinajstić information content (AvgIpc) is 3.56. The van der Waals surface area contributed by atoms with E-state index in [4.69, 9.17) is 18.6 Å². The minimum Gasteiger partial charge on any atom is -0.493 e. The van der Waals surface area contributed by atoms with Gasteiger partial charge in [0.1, 0.15) is 11.5 Å². The van der Waals surface area contributed by atoms with Crippen LogP contribution in [0.25, 0.3) is 17.4 Å². The molecule has 0 radical (unpaired) electrons. The largest absolute Gasteiger partial charge is 0.493 e. The van der Waals surface area contributed by atoms with Gasteiger partial charge in [0.05, 0.1) is 46.6 Å². The fourth-order valence-electron chi connectivity index (χ4n) is 5.01. The Morgan fingerprint density at radius 2 is 1.93 bits per heavy atom. The summed E-state index contributed by atoms with van der Waals surface area (Å²) in [6.07, 6.45) is 1.51. The van der Waals surface area contributed by atoms with Crippen molar-refractivity contribution in [3.63, 3.8) is 0 Å². The SMILES string of the molecule is CCOC(=O)C1=C(C)N=c2s/c(=C\c3ccc(-c4cc([N+](=O)[O-])ccc4C)o3)c(=O)n2[C@H]1c1ccc(OC(C)C)c(OC)c1. The number of nitro benzene ring substituents is 1. The van der Waals surface area contributed by atoms with Gasteiger partial charge in [0.15, 0.2) is 16.3 Å². The molecule has 0 aliphatic carbocycles. The van der Waals surface area contributed by atoms with Crippen LogP contribution in [0.2, 0.25) is 0 Å². The number of esters is 1. The number of non-ortho nitro benzene ring substituents is 1. The molecule has 228 valence electrons. The summed E-state index contributed by atoms with van der Waals surface area (Å²) >= 11 is 1.16. The highest BCUT2D eigenvalue weighted by Crippen LogP contribution is 2.36. The Morgan fingerprint density at radius 3 is 2.61 bits per heavy atom. The number of allylic oxidation sites excluding steroid dienone is 1. The minimum atomic E-state index is -0.839. The molecule has 2 aromatic heterocycles. The zero-order valence-corrected chi connectivity index (χ0v) is 25.9. The molecule has 3 heterocycles. The Kier molecular flexibility index (Phi) is 8.54. The number of carbonyl (C=O) groups excluding carboxylic acids is 1. The number of aromatic nitrogens is 1. The van der Waals surface area contributed by atoms with E-state index in [1.165, 1.54) is 23.8 Å². The lowest BCUT2D eigenvalue weighted by molar-refractivity contribution is -0.384. The Hall–Kier alpha value is -4.97. The minimum absolute atomic E-state index is 0.0509. The average molecular weight is 618 g/mol. The first-order valence-electron chi connectivity index (χ1n) is 13.9. The standard InChI is InChI=1S/C32H31N3O8S/c1-7-41-31(37)28-19(5)33-32-34(29(28)20-9-12-25(42-17(2)3)26(14-20)40-6)30(36)27(44-32)16-22-11-13-24(43-22)23-15-21(35(38)39)10-8-18(23)4/h8-17,29H,7H2,1-6H3/b27-16-/t29-/m0/s1. The van der Waals surface area contributed by atoms with Gasteiger partial charge in [-0.1, -0.05) is 23.5 Å². The van der Waals surface area contributed by atoms with Crippen LogP contribution in [0.4, 0.5) is 5.69 Å². The first kappa shape index (κ1) is 30.5. The number of fused-ring (bicyclic) bond motifs is 1. The lowest BCUT2D eigenvalue weighted by Gasteiger charge is -2.25. The second kappa shape index (κ2) is 12.3. The predicted molar refractivity (Wildman–Crippen MR) is 165 cm³/mol. The van der Waals surface area contributed by atoms with Gasteiger partial charge >= 0.3 is 5.97 Å². The Balaban J connectivity index is 1.64. The number of thiazole rings is 1. The molecule has 0 amide bonds. The monoisotopic (exact) mass is 617 g/mol. The van der Waals surface area contributed by atoms with Gasteiger partial charge in [-0.05, 0) is 70.0 Å². The number of rotatable bonds is 9. The lowest BCUT2D eigenvalue weighted by atomic mass is 9.95. The topological polar surface area (TPSA) is 135 Å². The third-order valence-corrected chi connectivity index (χ3v) is 7.96. The van der Waals surface area contributed by atoms with Crippen molar-refractivity contribution in [1.29, 1.82) is 0 Å². The number of hydrogen-bond acceptors (Lipinski definition) is 10. The van der Waals surface area contributed by atoms with Crippen LogP contribution in [0, 0.1) is 17.0 Å². The summed E-state index contributed by atoms with van der Waals surface area (Å²) in [4.78, 5) is 43.1. The lowest BCUT2D eigenvalue weighted by Crippen LogP contribution is -2.40. The molecule has 4 aromatic rings. The molecule has 0 fully saturated rings. The molecule has 1 atom stereocenters. The zero-order valence-electron chi connectivity index (χ0n) is 25.1. The van der Waals surface area contributed by atoms with Crippen molar-refractivity contribution in [3.05, 3.63) is 106 Å². The number of nitrogens with zero attached hydrogens (tertiary/aromatic N) is 3. The van der Waals surface area contributed by atoms with Crippen LogP contribution in [0.15, 0.2) is 74.0 Å². The van der Waals surface area contributed by atoms with Crippen molar-refractivity contribution < 1.29 is 28.3 Å². The second-order valence-electron chi connectivity index (χ2n) is 10.3. The molecule has 12 heteroatoms. The number of carbonyl (C=O) groups is 1. The first-order valence-corrected chi connectivity index (χ1v) is 14.7. The quantitative estimate of drug-likeness (QED) is 0.144. The maximum Gasteiger partial charge on any atom is 0.338 e. The molecule has 0 unspecified atom stereocenters. The summed E-state index contributed by atoms with van der Waals surface area (Å²) in [7, 11) is 1.53. The number of methoxy groups -OCH3 is 1. The smallest absolute Gasteiger partial charge is 0.338 e. The van der Waals surface area contributed by atoms with Gasteiger partial charge in [-0.25, -0.2) is 9.79 Å². The van der Waals surface area contributed by atoms with Gasteiger partial charge in [0.2, 0.25) is 0 Å². The van der Waals surface area contributed by atoms with E-state index in [0.29, 0.717) is 49.2 Å². The van der Waals surface area contributed by atoms with Gasteiger partial charge in [-0.3, -0.25) is 19.5 Å². The van der Waals surface area contributed by atoms with Crippen molar-refractivity contribution in [2.24, 2.45) is 4.99 Å². The fourth-order valence-corrected chi connectivity index (χ4v) is 6.03. The normalized spacial score (nSPS) is 14.8. The van der Waals surface area contributed by atoms with Crippen molar-refractivity contribution >= 4 is 29.1 Å². The Bertz CT molecular complexity index is 1980. The van der Waals surface area contributed by atoms with Gasteiger partial charge in [-0.15, -0.1) is 0 Å². The number of benzene rings is 2. The summed E-state index contributed by atoms with van der Waals surface area (Å²) in [6.45, 7) is 9.23.